The minimum absolute atomic E-state index is 0.0382. The van der Waals surface area contributed by atoms with E-state index in [1.807, 2.05) is 82.4 Å². The zero-order chi connectivity index (χ0) is 105. The molecule has 0 radical (unpaired) electrons. The van der Waals surface area contributed by atoms with Gasteiger partial charge in [0, 0.05) is 217 Å². The first-order valence-electron chi connectivity index (χ1n) is 46.4. The van der Waals surface area contributed by atoms with Crippen LogP contribution in [-0.4, -0.2) is 249 Å². The van der Waals surface area contributed by atoms with E-state index < -0.39 is 0 Å². The van der Waals surface area contributed by atoms with Gasteiger partial charge in [-0.1, -0.05) is 163 Å². The summed E-state index contributed by atoms with van der Waals surface area (Å²) in [4.78, 5) is 157. The number of likely N-dealkylation sites (N-methyl/N-ethyl adjacent to an activating group) is 1. The van der Waals surface area contributed by atoms with Crippen molar-refractivity contribution in [3.63, 3.8) is 0 Å². The second-order valence-corrected chi connectivity index (χ2v) is 36.6. The Morgan fingerprint density at radius 2 is 0.705 bits per heavy atom. The van der Waals surface area contributed by atoms with Crippen LogP contribution in [0.1, 0.15) is 46.7 Å². The molecule has 3 fully saturated rings. The van der Waals surface area contributed by atoms with Gasteiger partial charge in [-0.25, -0.2) is 15.0 Å². The maximum absolute atomic E-state index is 14.5. The molecule has 0 spiro atoms. The van der Waals surface area contributed by atoms with Gasteiger partial charge in [0.1, 0.15) is 51.4 Å². The molecule has 1 atom stereocenters. The Bertz CT molecular complexity index is 7330. The number of amides is 3. The minimum atomic E-state index is -0.387. The average Bonchev–Trinajstić information content (AvgIpc) is 0.756. The predicted molar refractivity (Wildman–Crippen MR) is 575 cm³/mol. The third-order valence-corrected chi connectivity index (χ3v) is 27.8. The first-order chi connectivity index (χ1) is 70.2. The molecule has 39 heteroatoms. The monoisotopic (exact) mass is 2100 g/mol. The summed E-state index contributed by atoms with van der Waals surface area (Å²) in [6.45, 7) is 33.6. The number of allylic oxidation sites excluding steroid dienone is 3. The number of anilines is 6. The molecule has 0 bridgehead atoms. The lowest BCUT2D eigenvalue weighted by molar-refractivity contribution is -0.129. The van der Waals surface area contributed by atoms with Gasteiger partial charge in [-0.15, -0.1) is 0 Å². The second kappa shape index (κ2) is 49.5. The number of ketones is 3. The summed E-state index contributed by atoms with van der Waals surface area (Å²) in [7, 11) is 10.8. The maximum Gasteiger partial charge on any atom is 0.298 e. The van der Waals surface area contributed by atoms with Gasteiger partial charge in [-0.05, 0) is 129 Å². The fraction of sp³-hybridized carbons (Fsp3) is 0.299. The van der Waals surface area contributed by atoms with Crippen molar-refractivity contribution in [2.75, 3.05) is 151 Å². The molecule has 760 valence electrons. The van der Waals surface area contributed by atoms with E-state index in [9.17, 15) is 43.2 Å². The van der Waals surface area contributed by atoms with Crippen LogP contribution in [0.2, 0.25) is 30.1 Å². The summed E-state index contributed by atoms with van der Waals surface area (Å²) >= 11 is 40.6. The normalized spacial score (nSPS) is 13.7. The third kappa shape index (κ3) is 24.6. The Labute approximate surface area is 873 Å². The smallest absolute Gasteiger partial charge is 0.298 e. The highest BCUT2D eigenvalue weighted by atomic mass is 35.5. The molecule has 3 saturated heterocycles. The molecule has 33 nitrogen and oxygen atoms in total. The number of carbonyl (C=O) groups is 6. The van der Waals surface area contributed by atoms with Gasteiger partial charge < -0.3 is 59.1 Å². The number of rotatable bonds is 35. The fourth-order valence-corrected chi connectivity index (χ4v) is 19.6. The van der Waals surface area contributed by atoms with E-state index in [0.29, 0.717) is 176 Å². The number of piperazine rings is 3. The molecule has 6 aromatic heterocycles. The van der Waals surface area contributed by atoms with Gasteiger partial charge in [0.15, 0.2) is 17.3 Å². The summed E-state index contributed by atoms with van der Waals surface area (Å²) in [5.41, 5.74) is 8.54. The van der Waals surface area contributed by atoms with Gasteiger partial charge in [0.2, 0.25) is 29.7 Å². The van der Waals surface area contributed by atoms with E-state index in [0.717, 1.165) is 33.4 Å². The number of pyridine rings is 3. The van der Waals surface area contributed by atoms with E-state index >= 15 is 0 Å². The van der Waals surface area contributed by atoms with Crippen molar-refractivity contribution in [2.24, 2.45) is 0 Å². The van der Waals surface area contributed by atoms with Crippen molar-refractivity contribution in [1.29, 1.82) is 0 Å². The molecule has 1 unspecified atom stereocenters. The second-order valence-electron chi connectivity index (χ2n) is 34.3. The Morgan fingerprint density at radius 1 is 0.404 bits per heavy atom. The van der Waals surface area contributed by atoms with E-state index in [1.54, 1.807) is 90.3 Å². The van der Waals surface area contributed by atoms with E-state index in [2.05, 4.69) is 90.3 Å². The standard InChI is InChI=1S/C36H38Cl2N6O5.C36H36Cl2N6O5.C35H36Cl2N6O5/c1-7-25(45)16-22-11-9-10-21(3)33(22)40-36-39-19-23-17-26(30-31(37)27(48-5)18-28(49-6)32(30)38)35(47)44(34(23)41-36)13-12-24-20-43(29(46)8-2)15-14-42(24)4;1-6-9-29(46)43-15-12-42(13-16-43)14-17-44-34-24(19-26(35(44)47)30-31(37)27(48-4)20-28(49-5)32(30)38)21-39-36(41-34)40-33-22(3)10-8-11-23(33)18-25(45)7-2;1-6-24(44)17-22-10-8-9-21(3)32(22)39-35-38-20-23-18-25(29-30(36)26(47-4)19-27(48-5)31(29)37)34(46)43(33(23)40-35)16-13-41-11-14-42(15-12-41)28(45)7-2/h7-11,17-19,24H,1-2,12-16,20H2,3-6H3,(H,39,40,41);7-8,10-11,19-21H,2,12-18H2,1,3-5H3,(H,39,40,41);6-10,18-20H,1-2,11-17H2,3-5H3,(H,38,39,40). The SMILES string of the molecule is C=CC(=O)Cc1cccc(C)c1Nc1ncc2cc(-c3c(Cl)c(OC)cc(OC)c3Cl)c(=O)n(CCC3CN(C(=O)C=C)CCN3C)c2n1.C=CC(=O)Cc1cccc(C)c1Nc1ncc2cc(-c3c(Cl)c(OC)cc(OC)c3Cl)c(=O)n(CCN3CCN(C(=O)C#CC)CC3)c2n1.C=CC(=O)Cc1cccc(C)c1Nc1ncc2cc(-c3c(Cl)c(OC)cc(OC)c3Cl)c(=O)n(CCN3CCN(C(=O)C=C)CC3)c2n1. The van der Waals surface area contributed by atoms with Gasteiger partial charge >= 0.3 is 0 Å². The number of aromatic nitrogens is 9. The highest BCUT2D eigenvalue weighted by molar-refractivity contribution is 6.43. The Kier molecular flexibility index (Phi) is 36.9. The number of para-hydroxylation sites is 3. The first kappa shape index (κ1) is 109. The zero-order valence-corrected chi connectivity index (χ0v) is 87.2. The average molecular weight is 2100 g/mol. The summed E-state index contributed by atoms with van der Waals surface area (Å²) in [5, 5.41) is 12.5. The summed E-state index contributed by atoms with van der Waals surface area (Å²) in [6.07, 6.45) is 12.4. The lowest BCUT2D eigenvalue weighted by atomic mass is 10.0. The lowest BCUT2D eigenvalue weighted by Crippen LogP contribution is -2.53. The molecular weight excluding hydrogens is 1990 g/mol. The summed E-state index contributed by atoms with van der Waals surface area (Å²) in [5.74, 6) is 6.97. The molecule has 146 heavy (non-hydrogen) atoms. The van der Waals surface area contributed by atoms with Crippen molar-refractivity contribution < 1.29 is 57.2 Å². The molecule has 3 amide bonds. The molecule has 12 aromatic rings. The number of hydrogen-bond acceptors (Lipinski definition) is 27. The Balaban J connectivity index is 0.000000183. The molecule has 6 aromatic carbocycles. The van der Waals surface area contributed by atoms with Crippen LogP contribution in [0.4, 0.5) is 34.9 Å². The van der Waals surface area contributed by atoms with Crippen LogP contribution in [0.3, 0.4) is 0 Å². The molecule has 3 aliphatic rings. The van der Waals surface area contributed by atoms with E-state index in [-0.39, 0.29) is 178 Å². The van der Waals surface area contributed by atoms with Gasteiger partial charge in [-0.3, -0.25) is 71.6 Å². The number of methoxy groups -OCH3 is 6. The quantitative estimate of drug-likeness (QED) is 0.0245. The van der Waals surface area contributed by atoms with Crippen molar-refractivity contribution in [2.45, 2.75) is 79.1 Å². The highest BCUT2D eigenvalue weighted by Crippen LogP contribution is 2.49. The molecule has 3 N–H and O–H groups in total. The zero-order valence-electron chi connectivity index (χ0n) is 82.6. The largest absolute Gasteiger partial charge is 0.495 e. The number of nitrogens with one attached hydrogen (secondary N) is 3. The fourth-order valence-electron chi connectivity index (χ4n) is 17.5. The Hall–Kier alpha value is -14.3. The molecule has 15 rings (SSSR count). The molecule has 9 heterocycles. The molecular formula is C107H110Cl6N18O15. The minimum Gasteiger partial charge on any atom is -0.495 e. The maximum atomic E-state index is 14.5. The number of nitrogens with zero attached hydrogens (tertiary/aromatic N) is 15. The topological polar surface area (TPSA) is 357 Å². The lowest BCUT2D eigenvalue weighted by Gasteiger charge is -2.39. The number of fused-ring (bicyclic) bond motifs is 3. The number of carbonyl (C=O) groups excluding carboxylic acids is 6. The van der Waals surface area contributed by atoms with Crippen LogP contribution in [0.15, 0.2) is 187 Å². The summed E-state index contributed by atoms with van der Waals surface area (Å²) in [6, 6.07) is 26.6. The first-order valence-corrected chi connectivity index (χ1v) is 48.7. The van der Waals surface area contributed by atoms with Crippen molar-refractivity contribution in [3.8, 4) is 79.7 Å². The van der Waals surface area contributed by atoms with Gasteiger partial charge in [-0.2, -0.15) is 15.0 Å². The van der Waals surface area contributed by atoms with Crippen molar-refractivity contribution in [3.05, 3.63) is 267 Å². The van der Waals surface area contributed by atoms with Crippen LogP contribution in [0, 0.1) is 32.6 Å². The molecule has 0 saturated carbocycles. The number of ether oxygens (including phenoxy) is 6. The van der Waals surface area contributed by atoms with Crippen molar-refractivity contribution >= 4 is 173 Å². The van der Waals surface area contributed by atoms with Gasteiger partial charge in [0.05, 0.1) is 89.5 Å². The van der Waals surface area contributed by atoms with Gasteiger partial charge in [0.25, 0.3) is 22.6 Å². The Morgan fingerprint density at radius 3 is 1.01 bits per heavy atom. The van der Waals surface area contributed by atoms with Crippen LogP contribution < -0.4 is 61.0 Å². The van der Waals surface area contributed by atoms with Crippen molar-refractivity contribution in [1.82, 2.24) is 73.0 Å². The molecule has 3 aliphatic heterocycles. The number of hydrogen-bond donors (Lipinski definition) is 3. The third-order valence-electron chi connectivity index (χ3n) is 25.6. The molecule has 0 aliphatic carbocycles. The van der Waals surface area contributed by atoms with E-state index in [1.165, 1.54) is 73.0 Å². The summed E-state index contributed by atoms with van der Waals surface area (Å²) < 4.78 is 37.6. The highest BCUT2D eigenvalue weighted by Gasteiger charge is 2.33. The van der Waals surface area contributed by atoms with Crippen LogP contribution in [0.25, 0.3) is 66.5 Å². The van der Waals surface area contributed by atoms with Crippen LogP contribution in [-0.2, 0) is 67.7 Å². The van der Waals surface area contributed by atoms with Crippen LogP contribution in [0.5, 0.6) is 34.5 Å². The predicted octanol–water partition coefficient (Wildman–Crippen LogP) is 16.6. The van der Waals surface area contributed by atoms with Crippen LogP contribution >= 0.6 is 69.6 Å². The number of halogens is 6. The number of benzene rings is 6. The number of aryl methyl sites for hydroxylation is 4. The van der Waals surface area contributed by atoms with E-state index in [4.69, 9.17) is 113 Å².